The molecule has 28 heavy (non-hydrogen) atoms. The van der Waals surface area contributed by atoms with Gasteiger partial charge in [0.05, 0.1) is 0 Å². The molecule has 0 amide bonds. The Balaban J connectivity index is 1.74. The lowest BCUT2D eigenvalue weighted by Crippen LogP contribution is -2.24. The van der Waals surface area contributed by atoms with Gasteiger partial charge in [0, 0.05) is 15.9 Å². The van der Waals surface area contributed by atoms with Gasteiger partial charge in [-0.25, -0.2) is 0 Å². The summed E-state index contributed by atoms with van der Waals surface area (Å²) in [7, 11) is -2.89. The maximum absolute atomic E-state index is 14.3. The lowest BCUT2D eigenvalue weighted by Gasteiger charge is -2.20. The zero-order valence-corrected chi connectivity index (χ0v) is 16.8. The molecule has 0 bridgehead atoms. The van der Waals surface area contributed by atoms with Gasteiger partial charge in [0.1, 0.15) is 0 Å². The highest BCUT2D eigenvalue weighted by atomic mass is 31.2. The Morgan fingerprint density at radius 2 is 1.04 bits per heavy atom. The van der Waals surface area contributed by atoms with Crippen LogP contribution in [0.5, 0.6) is 0 Å². The van der Waals surface area contributed by atoms with Crippen LogP contribution in [0.4, 0.5) is 0 Å². The van der Waals surface area contributed by atoms with Crippen LogP contribution in [0.25, 0.3) is 0 Å². The summed E-state index contributed by atoms with van der Waals surface area (Å²) in [5.74, 6) is 0. The monoisotopic (exact) mass is 382 g/mol. The van der Waals surface area contributed by atoms with Gasteiger partial charge < -0.3 is 4.57 Å². The summed E-state index contributed by atoms with van der Waals surface area (Å²) in [6, 6.07) is 36.4. The van der Waals surface area contributed by atoms with Crippen LogP contribution in [0.1, 0.15) is 16.7 Å². The number of benzene rings is 4. The van der Waals surface area contributed by atoms with E-state index < -0.39 is 7.14 Å². The van der Waals surface area contributed by atoms with Crippen molar-refractivity contribution in [3.8, 4) is 0 Å². The molecular weight excluding hydrogens is 359 g/mol. The van der Waals surface area contributed by atoms with Crippen LogP contribution in [-0.4, -0.2) is 0 Å². The minimum Gasteiger partial charge on any atom is -0.309 e. The standard InChI is InChI=1S/C26H23OP/c1-21-10-8-9-11-23(21)20-22-16-18-26(19-17-22)28(27,24-12-4-2-5-13-24)25-14-6-3-7-15-25/h2-19H,20H2,1H3. The zero-order chi connectivity index (χ0) is 19.4. The molecule has 138 valence electrons. The Hall–Kier alpha value is -2.89. The predicted molar refractivity (Wildman–Crippen MR) is 120 cm³/mol. The summed E-state index contributed by atoms with van der Waals surface area (Å²) >= 11 is 0. The minimum atomic E-state index is -2.89. The molecule has 0 aliphatic heterocycles. The fourth-order valence-electron chi connectivity index (χ4n) is 3.58. The summed E-state index contributed by atoms with van der Waals surface area (Å²) in [6.45, 7) is 2.14. The molecule has 0 saturated heterocycles. The van der Waals surface area contributed by atoms with Crippen LogP contribution in [0.2, 0.25) is 0 Å². The van der Waals surface area contributed by atoms with Gasteiger partial charge in [0.2, 0.25) is 0 Å². The third-order valence-corrected chi connectivity index (χ3v) is 8.27. The lowest BCUT2D eigenvalue weighted by molar-refractivity contribution is 0.592. The first-order valence-corrected chi connectivity index (χ1v) is 11.2. The summed E-state index contributed by atoms with van der Waals surface area (Å²) < 4.78 is 14.3. The first-order valence-electron chi connectivity index (χ1n) is 9.53. The van der Waals surface area contributed by atoms with Crippen molar-refractivity contribution in [2.45, 2.75) is 13.3 Å². The Kier molecular flexibility index (Phi) is 5.28. The summed E-state index contributed by atoms with van der Waals surface area (Å²) in [5, 5.41) is 2.61. The molecule has 0 aliphatic carbocycles. The Morgan fingerprint density at radius 3 is 1.57 bits per heavy atom. The van der Waals surface area contributed by atoms with E-state index in [1.54, 1.807) is 0 Å². The van der Waals surface area contributed by atoms with Crippen LogP contribution in [-0.2, 0) is 11.0 Å². The van der Waals surface area contributed by atoms with E-state index in [2.05, 4.69) is 43.3 Å². The van der Waals surface area contributed by atoms with Crippen molar-refractivity contribution >= 4 is 23.1 Å². The van der Waals surface area contributed by atoms with Crippen LogP contribution in [0.15, 0.2) is 109 Å². The van der Waals surface area contributed by atoms with E-state index in [0.29, 0.717) is 0 Å². The zero-order valence-electron chi connectivity index (χ0n) is 16.0. The second kappa shape index (κ2) is 8.00. The number of hydrogen-bond acceptors (Lipinski definition) is 1. The second-order valence-corrected chi connectivity index (χ2v) is 9.82. The van der Waals surface area contributed by atoms with E-state index in [1.165, 1.54) is 16.7 Å². The van der Waals surface area contributed by atoms with Gasteiger partial charge in [-0.2, -0.15) is 0 Å². The van der Waals surface area contributed by atoms with Crippen LogP contribution in [0, 0.1) is 6.92 Å². The molecule has 0 saturated carbocycles. The van der Waals surface area contributed by atoms with Gasteiger partial charge in [-0.3, -0.25) is 0 Å². The maximum Gasteiger partial charge on any atom is 0.171 e. The minimum absolute atomic E-state index is 0.868. The average Bonchev–Trinajstić information content (AvgIpc) is 2.76. The largest absolute Gasteiger partial charge is 0.309 e. The third-order valence-electron chi connectivity index (χ3n) is 5.20. The fraction of sp³-hybridized carbons (Fsp3) is 0.0769. The average molecular weight is 382 g/mol. The predicted octanol–water partition coefficient (Wildman–Crippen LogP) is 5.23. The molecule has 4 rings (SSSR count). The van der Waals surface area contributed by atoms with Crippen molar-refractivity contribution in [2.24, 2.45) is 0 Å². The molecule has 0 N–H and O–H groups in total. The molecule has 0 spiro atoms. The number of rotatable bonds is 5. The van der Waals surface area contributed by atoms with Crippen molar-refractivity contribution < 1.29 is 4.57 Å². The molecule has 0 aliphatic rings. The molecule has 0 fully saturated rings. The molecular formula is C26H23OP. The molecule has 2 heteroatoms. The highest BCUT2D eigenvalue weighted by Gasteiger charge is 2.29. The van der Waals surface area contributed by atoms with Crippen LogP contribution in [0.3, 0.4) is 0 Å². The summed E-state index contributed by atoms with van der Waals surface area (Å²) in [5.41, 5.74) is 3.85. The van der Waals surface area contributed by atoms with Gasteiger partial charge in [0.25, 0.3) is 0 Å². The van der Waals surface area contributed by atoms with E-state index in [1.807, 2.05) is 72.8 Å². The third kappa shape index (κ3) is 3.59. The Labute approximate surface area is 167 Å². The van der Waals surface area contributed by atoms with Gasteiger partial charge in [0.15, 0.2) is 7.14 Å². The van der Waals surface area contributed by atoms with Gasteiger partial charge >= 0.3 is 0 Å². The first kappa shape index (κ1) is 18.5. The highest BCUT2D eigenvalue weighted by molar-refractivity contribution is 7.85. The lowest BCUT2D eigenvalue weighted by atomic mass is 10.0. The summed E-state index contributed by atoms with van der Waals surface area (Å²) in [4.78, 5) is 0. The van der Waals surface area contributed by atoms with Gasteiger partial charge in [-0.1, -0.05) is 109 Å². The SMILES string of the molecule is Cc1ccccc1Cc1ccc(P(=O)(c2ccccc2)c2ccccc2)cc1. The van der Waals surface area contributed by atoms with E-state index in [-0.39, 0.29) is 0 Å². The molecule has 0 radical (unpaired) electrons. The molecule has 1 nitrogen and oxygen atoms in total. The topological polar surface area (TPSA) is 17.1 Å². The van der Waals surface area contributed by atoms with Crippen LogP contribution < -0.4 is 15.9 Å². The van der Waals surface area contributed by atoms with Gasteiger partial charge in [-0.05, 0) is 30.0 Å². The molecule has 0 heterocycles. The van der Waals surface area contributed by atoms with Crippen molar-refractivity contribution in [3.63, 3.8) is 0 Å². The molecule has 0 unspecified atom stereocenters. The Morgan fingerprint density at radius 1 is 0.571 bits per heavy atom. The molecule has 4 aromatic rings. The normalized spacial score (nSPS) is 11.3. The van der Waals surface area contributed by atoms with Crippen molar-refractivity contribution in [1.29, 1.82) is 0 Å². The fourth-order valence-corrected chi connectivity index (χ4v) is 6.22. The van der Waals surface area contributed by atoms with Gasteiger partial charge in [-0.15, -0.1) is 0 Å². The maximum atomic E-state index is 14.3. The smallest absolute Gasteiger partial charge is 0.171 e. The quantitative estimate of drug-likeness (QED) is 0.432. The molecule has 0 atom stereocenters. The first-order chi connectivity index (χ1) is 13.7. The number of aryl methyl sites for hydroxylation is 1. The Bertz CT molecular complexity index is 1060. The van der Waals surface area contributed by atoms with Crippen molar-refractivity contribution in [3.05, 3.63) is 126 Å². The van der Waals surface area contributed by atoms with Crippen molar-refractivity contribution in [2.75, 3.05) is 0 Å². The second-order valence-electron chi connectivity index (χ2n) is 7.05. The van der Waals surface area contributed by atoms with E-state index in [0.717, 1.165) is 22.3 Å². The molecule has 0 aromatic heterocycles. The highest BCUT2D eigenvalue weighted by Crippen LogP contribution is 2.42. The van der Waals surface area contributed by atoms with Crippen LogP contribution >= 0.6 is 7.14 Å². The van der Waals surface area contributed by atoms with E-state index in [4.69, 9.17) is 0 Å². The molecule has 4 aromatic carbocycles. The van der Waals surface area contributed by atoms with Crippen molar-refractivity contribution in [1.82, 2.24) is 0 Å². The van der Waals surface area contributed by atoms with E-state index in [9.17, 15) is 4.57 Å². The van der Waals surface area contributed by atoms with E-state index >= 15 is 0 Å². The summed E-state index contributed by atoms with van der Waals surface area (Å²) in [6.07, 6.45) is 0.883. The number of hydrogen-bond donors (Lipinski definition) is 0.